The fourth-order valence-electron chi connectivity index (χ4n) is 3.35. The molecular formula is C21H24N3O2+. The molecule has 0 amide bonds. The number of rotatable bonds is 5. The van der Waals surface area contributed by atoms with Gasteiger partial charge in [-0.3, -0.25) is 0 Å². The Kier molecular flexibility index (Phi) is 5.00. The predicted molar refractivity (Wildman–Crippen MR) is 101 cm³/mol. The summed E-state index contributed by atoms with van der Waals surface area (Å²) in [5, 5.41) is 4.90. The summed E-state index contributed by atoms with van der Waals surface area (Å²) in [6, 6.07) is 18.4. The Labute approximate surface area is 153 Å². The molecule has 0 radical (unpaired) electrons. The predicted octanol–water partition coefficient (Wildman–Crippen LogP) is 1.96. The number of para-hydroxylation sites is 1. The maximum absolute atomic E-state index is 5.50. The third-order valence-electron chi connectivity index (χ3n) is 4.81. The van der Waals surface area contributed by atoms with Crippen LogP contribution >= 0.6 is 0 Å². The Bertz CT molecular complexity index is 837. The quantitative estimate of drug-likeness (QED) is 0.765. The normalized spacial score (nSPS) is 15.1. The minimum atomic E-state index is 0.833. The molecule has 2 heterocycles. The molecule has 1 aromatic heterocycles. The number of nitrogens with one attached hydrogen (secondary N) is 1. The van der Waals surface area contributed by atoms with E-state index >= 15 is 0 Å². The Hall–Kier alpha value is -2.63. The highest BCUT2D eigenvalue weighted by atomic mass is 16.5. The topological polar surface area (TPSA) is 40.7 Å². The minimum Gasteiger partial charge on any atom is -0.497 e. The van der Waals surface area contributed by atoms with Crippen LogP contribution in [0, 0.1) is 0 Å². The van der Waals surface area contributed by atoms with E-state index in [1.54, 1.807) is 12.0 Å². The van der Waals surface area contributed by atoms with Crippen molar-refractivity contribution in [1.82, 2.24) is 9.78 Å². The third kappa shape index (κ3) is 3.64. The molecule has 5 heteroatoms. The summed E-state index contributed by atoms with van der Waals surface area (Å²) in [7, 11) is 1.69. The zero-order valence-corrected chi connectivity index (χ0v) is 15.0. The van der Waals surface area contributed by atoms with Gasteiger partial charge in [0.05, 0.1) is 31.6 Å². The second-order valence-electron chi connectivity index (χ2n) is 6.55. The zero-order valence-electron chi connectivity index (χ0n) is 15.0. The highest BCUT2D eigenvalue weighted by Crippen LogP contribution is 2.25. The number of methoxy groups -OCH3 is 1. The molecule has 0 unspecified atom stereocenters. The molecule has 3 aromatic rings. The lowest BCUT2D eigenvalue weighted by Gasteiger charge is -2.23. The summed E-state index contributed by atoms with van der Waals surface area (Å²) in [6.45, 7) is 4.70. The van der Waals surface area contributed by atoms with Crippen molar-refractivity contribution in [1.29, 1.82) is 0 Å². The van der Waals surface area contributed by atoms with E-state index in [1.165, 1.54) is 5.56 Å². The number of benzene rings is 2. The monoisotopic (exact) mass is 350 g/mol. The fourth-order valence-corrected chi connectivity index (χ4v) is 3.35. The molecule has 1 aliphatic heterocycles. The molecule has 1 aliphatic rings. The van der Waals surface area contributed by atoms with Crippen molar-refractivity contribution in [2.75, 3.05) is 33.4 Å². The standard InChI is InChI=1S/C21H23N3O2/c1-25-20-9-7-17(8-10-20)21-18(15-23-11-13-26-14-12-23)16-24(22-21)19-5-3-2-4-6-19/h2-10,16H,11-15H2,1H3/p+1. The first-order valence-electron chi connectivity index (χ1n) is 9.03. The van der Waals surface area contributed by atoms with Gasteiger partial charge in [-0.15, -0.1) is 0 Å². The maximum atomic E-state index is 5.50. The van der Waals surface area contributed by atoms with Crippen LogP contribution in [0.4, 0.5) is 0 Å². The third-order valence-corrected chi connectivity index (χ3v) is 4.81. The van der Waals surface area contributed by atoms with E-state index in [1.807, 2.05) is 35.0 Å². The SMILES string of the molecule is COc1ccc(-c2nn(-c3ccccc3)cc2C[NH+]2CCOCC2)cc1. The van der Waals surface area contributed by atoms with Gasteiger partial charge in [0.15, 0.2) is 0 Å². The van der Waals surface area contributed by atoms with Crippen molar-refractivity contribution in [3.63, 3.8) is 0 Å². The van der Waals surface area contributed by atoms with Crippen LogP contribution in [0.25, 0.3) is 16.9 Å². The maximum Gasteiger partial charge on any atom is 0.118 e. The molecule has 4 rings (SSSR count). The summed E-state index contributed by atoms with van der Waals surface area (Å²) in [6.07, 6.45) is 2.16. The number of hydrogen-bond acceptors (Lipinski definition) is 3. The number of nitrogens with zero attached hydrogens (tertiary/aromatic N) is 2. The van der Waals surface area contributed by atoms with Crippen LogP contribution in [0.15, 0.2) is 60.8 Å². The van der Waals surface area contributed by atoms with Crippen molar-refractivity contribution >= 4 is 0 Å². The van der Waals surface area contributed by atoms with Crippen LogP contribution < -0.4 is 9.64 Å². The van der Waals surface area contributed by atoms with Gasteiger partial charge in [0.25, 0.3) is 0 Å². The lowest BCUT2D eigenvalue weighted by Crippen LogP contribution is -3.12. The Morgan fingerprint density at radius 1 is 1.04 bits per heavy atom. The summed E-state index contributed by atoms with van der Waals surface area (Å²) in [5.41, 5.74) is 4.49. The lowest BCUT2D eigenvalue weighted by molar-refractivity contribution is -0.921. The van der Waals surface area contributed by atoms with Crippen LogP contribution in [0.5, 0.6) is 5.75 Å². The van der Waals surface area contributed by atoms with Crippen molar-refractivity contribution in [3.05, 3.63) is 66.4 Å². The molecule has 5 nitrogen and oxygen atoms in total. The van der Waals surface area contributed by atoms with Crippen LogP contribution in [0.1, 0.15) is 5.56 Å². The highest BCUT2D eigenvalue weighted by Gasteiger charge is 2.20. The first kappa shape index (κ1) is 16.8. The molecule has 134 valence electrons. The van der Waals surface area contributed by atoms with Gasteiger partial charge in [-0.2, -0.15) is 5.10 Å². The number of morpholine rings is 1. The van der Waals surface area contributed by atoms with E-state index in [2.05, 4.69) is 30.5 Å². The summed E-state index contributed by atoms with van der Waals surface area (Å²) in [4.78, 5) is 1.54. The van der Waals surface area contributed by atoms with E-state index in [0.717, 1.165) is 55.5 Å². The first-order chi connectivity index (χ1) is 12.8. The van der Waals surface area contributed by atoms with Gasteiger partial charge in [0, 0.05) is 11.8 Å². The number of ether oxygens (including phenoxy) is 2. The Morgan fingerprint density at radius 3 is 2.46 bits per heavy atom. The molecule has 1 saturated heterocycles. The average Bonchev–Trinajstić information content (AvgIpc) is 3.13. The van der Waals surface area contributed by atoms with E-state index in [-0.39, 0.29) is 0 Å². The van der Waals surface area contributed by atoms with Crippen molar-refractivity contribution in [2.24, 2.45) is 0 Å². The van der Waals surface area contributed by atoms with E-state index in [9.17, 15) is 0 Å². The van der Waals surface area contributed by atoms with Gasteiger partial charge in [0.2, 0.25) is 0 Å². The number of aromatic nitrogens is 2. The highest BCUT2D eigenvalue weighted by molar-refractivity contribution is 5.64. The van der Waals surface area contributed by atoms with Crippen LogP contribution in [0.3, 0.4) is 0 Å². The average molecular weight is 350 g/mol. The number of quaternary nitrogens is 1. The zero-order chi connectivity index (χ0) is 17.8. The van der Waals surface area contributed by atoms with Crippen molar-refractivity contribution < 1.29 is 14.4 Å². The second-order valence-corrected chi connectivity index (χ2v) is 6.55. The number of hydrogen-bond donors (Lipinski definition) is 1. The second kappa shape index (κ2) is 7.72. The largest absolute Gasteiger partial charge is 0.497 e. The smallest absolute Gasteiger partial charge is 0.118 e. The molecule has 0 spiro atoms. The molecule has 0 saturated carbocycles. The molecule has 1 N–H and O–H groups in total. The van der Waals surface area contributed by atoms with Gasteiger partial charge in [-0.05, 0) is 36.4 Å². The lowest BCUT2D eigenvalue weighted by atomic mass is 10.1. The van der Waals surface area contributed by atoms with Crippen molar-refractivity contribution in [3.8, 4) is 22.7 Å². The molecular weight excluding hydrogens is 326 g/mol. The minimum absolute atomic E-state index is 0.833. The van der Waals surface area contributed by atoms with Gasteiger partial charge in [-0.25, -0.2) is 4.68 Å². The Balaban J connectivity index is 1.70. The fraction of sp³-hybridized carbons (Fsp3) is 0.286. The van der Waals surface area contributed by atoms with Crippen LogP contribution in [-0.4, -0.2) is 43.2 Å². The van der Waals surface area contributed by atoms with Gasteiger partial charge in [0.1, 0.15) is 31.1 Å². The molecule has 2 aromatic carbocycles. The molecule has 0 aliphatic carbocycles. The molecule has 0 atom stereocenters. The molecule has 26 heavy (non-hydrogen) atoms. The van der Waals surface area contributed by atoms with Crippen molar-refractivity contribution in [2.45, 2.75) is 6.54 Å². The van der Waals surface area contributed by atoms with Crippen LogP contribution in [-0.2, 0) is 11.3 Å². The van der Waals surface area contributed by atoms with E-state index < -0.39 is 0 Å². The Morgan fingerprint density at radius 2 is 1.77 bits per heavy atom. The summed E-state index contributed by atoms with van der Waals surface area (Å²) < 4.78 is 12.8. The van der Waals surface area contributed by atoms with Gasteiger partial charge >= 0.3 is 0 Å². The molecule has 1 fully saturated rings. The van der Waals surface area contributed by atoms with E-state index in [4.69, 9.17) is 14.6 Å². The first-order valence-corrected chi connectivity index (χ1v) is 9.03. The summed E-state index contributed by atoms with van der Waals surface area (Å²) in [5.74, 6) is 0.858. The summed E-state index contributed by atoms with van der Waals surface area (Å²) >= 11 is 0. The van der Waals surface area contributed by atoms with Gasteiger partial charge in [-0.1, -0.05) is 18.2 Å². The molecule has 0 bridgehead atoms. The van der Waals surface area contributed by atoms with Gasteiger partial charge < -0.3 is 14.4 Å². The van der Waals surface area contributed by atoms with E-state index in [0.29, 0.717) is 0 Å². The van der Waals surface area contributed by atoms with Crippen LogP contribution in [0.2, 0.25) is 0 Å².